The molecule has 0 aromatic heterocycles. The van der Waals surface area contributed by atoms with E-state index in [0.29, 0.717) is 22.6 Å². The molecule has 7 heteroatoms. The summed E-state index contributed by atoms with van der Waals surface area (Å²) in [4.78, 5) is 0.101. The van der Waals surface area contributed by atoms with Crippen molar-refractivity contribution in [3.8, 4) is 17.6 Å². The van der Waals surface area contributed by atoms with Gasteiger partial charge in [0.25, 0.3) is 0 Å². The lowest BCUT2D eigenvalue weighted by Crippen LogP contribution is -2.23. The maximum absolute atomic E-state index is 12.3. The van der Waals surface area contributed by atoms with Gasteiger partial charge in [-0.1, -0.05) is 6.07 Å². The van der Waals surface area contributed by atoms with Gasteiger partial charge in [0, 0.05) is 18.2 Å². The van der Waals surface area contributed by atoms with E-state index in [-0.39, 0.29) is 11.4 Å². The van der Waals surface area contributed by atoms with E-state index in [9.17, 15) is 8.42 Å². The van der Waals surface area contributed by atoms with Crippen molar-refractivity contribution in [3.63, 3.8) is 0 Å². The second-order valence-corrected chi connectivity index (χ2v) is 6.41. The minimum atomic E-state index is -3.67. The van der Waals surface area contributed by atoms with E-state index in [1.54, 1.807) is 25.3 Å². The largest absolute Gasteiger partial charge is 0.497 e. The van der Waals surface area contributed by atoms with Gasteiger partial charge in [-0.25, -0.2) is 13.1 Å². The fourth-order valence-corrected chi connectivity index (χ4v) is 2.97. The Hall–Kier alpha value is -2.56. The zero-order valence-corrected chi connectivity index (χ0v) is 13.6. The Morgan fingerprint density at radius 3 is 2.35 bits per heavy atom. The summed E-state index contributed by atoms with van der Waals surface area (Å²) in [5.74, 6) is 1.16. The lowest BCUT2D eigenvalue weighted by atomic mass is 10.2. The van der Waals surface area contributed by atoms with Crippen LogP contribution >= 0.6 is 0 Å². The molecular weight excluding hydrogens is 316 g/mol. The number of nitrogens with one attached hydrogen (secondary N) is 1. The zero-order chi connectivity index (χ0) is 16.9. The smallest absolute Gasteiger partial charge is 0.240 e. The van der Waals surface area contributed by atoms with Crippen molar-refractivity contribution in [2.45, 2.75) is 11.4 Å². The maximum Gasteiger partial charge on any atom is 0.240 e. The highest BCUT2D eigenvalue weighted by Gasteiger charge is 2.15. The highest BCUT2D eigenvalue weighted by Crippen LogP contribution is 2.24. The van der Waals surface area contributed by atoms with Gasteiger partial charge in [-0.2, -0.15) is 5.26 Å². The van der Waals surface area contributed by atoms with Crippen molar-refractivity contribution in [2.75, 3.05) is 14.2 Å². The first-order valence-corrected chi connectivity index (χ1v) is 8.19. The molecule has 0 radical (unpaired) electrons. The molecule has 0 atom stereocenters. The zero-order valence-electron chi connectivity index (χ0n) is 12.7. The molecule has 2 aromatic rings. The summed E-state index contributed by atoms with van der Waals surface area (Å²) >= 11 is 0. The summed E-state index contributed by atoms with van der Waals surface area (Å²) in [5.41, 5.74) is 1.09. The average molecular weight is 332 g/mol. The molecule has 0 saturated carbocycles. The van der Waals surface area contributed by atoms with Crippen molar-refractivity contribution in [3.05, 3.63) is 53.6 Å². The maximum atomic E-state index is 12.3. The lowest BCUT2D eigenvalue weighted by Gasteiger charge is -2.11. The van der Waals surface area contributed by atoms with E-state index >= 15 is 0 Å². The molecule has 2 rings (SSSR count). The highest BCUT2D eigenvalue weighted by molar-refractivity contribution is 7.89. The number of nitriles is 1. The van der Waals surface area contributed by atoms with E-state index < -0.39 is 10.0 Å². The van der Waals surface area contributed by atoms with Gasteiger partial charge in [-0.05, 0) is 30.3 Å². The summed E-state index contributed by atoms with van der Waals surface area (Å²) in [7, 11) is -0.619. The monoisotopic (exact) mass is 332 g/mol. The third-order valence-corrected chi connectivity index (χ3v) is 4.66. The molecule has 0 aliphatic heterocycles. The summed E-state index contributed by atoms with van der Waals surface area (Å²) in [6.07, 6.45) is 0. The standard InChI is InChI=1S/C16H16N2O4S/c1-21-14-6-5-13(16(9-14)22-2)11-18-23(19,20)15-7-3-12(10-17)4-8-15/h3-9,18H,11H2,1-2H3. The first-order valence-electron chi connectivity index (χ1n) is 6.71. The van der Waals surface area contributed by atoms with Crippen molar-refractivity contribution < 1.29 is 17.9 Å². The summed E-state index contributed by atoms with van der Waals surface area (Å²) in [5, 5.41) is 8.74. The predicted molar refractivity (Wildman–Crippen MR) is 84.7 cm³/mol. The first kappa shape index (κ1) is 16.8. The topological polar surface area (TPSA) is 88.4 Å². The molecular formula is C16H16N2O4S. The van der Waals surface area contributed by atoms with E-state index in [2.05, 4.69) is 4.72 Å². The number of hydrogen-bond donors (Lipinski definition) is 1. The fraction of sp³-hybridized carbons (Fsp3) is 0.188. The average Bonchev–Trinajstić information content (AvgIpc) is 2.59. The molecule has 1 N–H and O–H groups in total. The van der Waals surface area contributed by atoms with Crippen LogP contribution in [-0.2, 0) is 16.6 Å². The molecule has 0 fully saturated rings. The minimum Gasteiger partial charge on any atom is -0.497 e. The number of methoxy groups -OCH3 is 2. The predicted octanol–water partition coefficient (Wildman–Crippen LogP) is 2.05. The Kier molecular flexibility index (Phi) is 5.21. The second-order valence-electron chi connectivity index (χ2n) is 4.64. The molecule has 23 heavy (non-hydrogen) atoms. The third-order valence-electron chi connectivity index (χ3n) is 3.24. The van der Waals surface area contributed by atoms with Crippen LogP contribution in [-0.4, -0.2) is 22.6 Å². The Morgan fingerprint density at radius 1 is 1.09 bits per heavy atom. The van der Waals surface area contributed by atoms with Gasteiger partial charge in [-0.15, -0.1) is 0 Å². The van der Waals surface area contributed by atoms with Crippen LogP contribution < -0.4 is 14.2 Å². The van der Waals surface area contributed by atoms with Crippen molar-refractivity contribution >= 4 is 10.0 Å². The van der Waals surface area contributed by atoms with Crippen molar-refractivity contribution in [1.29, 1.82) is 5.26 Å². The van der Waals surface area contributed by atoms with E-state index in [1.807, 2.05) is 6.07 Å². The number of benzene rings is 2. The van der Waals surface area contributed by atoms with Gasteiger partial charge >= 0.3 is 0 Å². The van der Waals surface area contributed by atoms with Gasteiger partial charge in [0.1, 0.15) is 11.5 Å². The molecule has 0 saturated heterocycles. The van der Waals surface area contributed by atoms with Crippen LogP contribution in [0, 0.1) is 11.3 Å². The van der Waals surface area contributed by atoms with Gasteiger partial charge in [0.15, 0.2) is 0 Å². The number of sulfonamides is 1. The normalized spacial score (nSPS) is 10.8. The van der Waals surface area contributed by atoms with Crippen molar-refractivity contribution in [1.82, 2.24) is 4.72 Å². The molecule has 0 spiro atoms. The molecule has 2 aromatic carbocycles. The lowest BCUT2D eigenvalue weighted by molar-refractivity contribution is 0.390. The Bertz CT molecular complexity index is 824. The SMILES string of the molecule is COc1ccc(CNS(=O)(=O)c2ccc(C#N)cc2)c(OC)c1. The molecule has 0 unspecified atom stereocenters. The molecule has 120 valence electrons. The van der Waals surface area contributed by atoms with Crippen LogP contribution in [0.3, 0.4) is 0 Å². The summed E-state index contributed by atoms with van der Waals surface area (Å²) in [6.45, 7) is 0.0789. The molecule has 0 heterocycles. The van der Waals surface area contributed by atoms with Crippen LogP contribution in [0.5, 0.6) is 11.5 Å². The van der Waals surface area contributed by atoms with Crippen LogP contribution in [0.2, 0.25) is 0 Å². The summed E-state index contributed by atoms with van der Waals surface area (Å²) in [6, 6.07) is 12.8. The van der Waals surface area contributed by atoms with Crippen LogP contribution in [0.15, 0.2) is 47.4 Å². The first-order chi connectivity index (χ1) is 11.0. The molecule has 0 bridgehead atoms. The van der Waals surface area contributed by atoms with E-state index in [4.69, 9.17) is 14.7 Å². The van der Waals surface area contributed by atoms with Crippen LogP contribution in [0.25, 0.3) is 0 Å². The molecule has 0 amide bonds. The number of rotatable bonds is 6. The van der Waals surface area contributed by atoms with Gasteiger partial charge < -0.3 is 9.47 Å². The second kappa shape index (κ2) is 7.13. The minimum absolute atomic E-state index is 0.0789. The molecule has 6 nitrogen and oxygen atoms in total. The van der Waals surface area contributed by atoms with Crippen molar-refractivity contribution in [2.24, 2.45) is 0 Å². The van der Waals surface area contributed by atoms with Gasteiger partial charge in [0.05, 0.1) is 30.7 Å². The Morgan fingerprint density at radius 2 is 1.78 bits per heavy atom. The fourth-order valence-electron chi connectivity index (χ4n) is 1.96. The van der Waals surface area contributed by atoms with E-state index in [1.165, 1.54) is 31.4 Å². The van der Waals surface area contributed by atoms with Crippen LogP contribution in [0.4, 0.5) is 0 Å². The highest BCUT2D eigenvalue weighted by atomic mass is 32.2. The quantitative estimate of drug-likeness (QED) is 0.874. The number of hydrogen-bond acceptors (Lipinski definition) is 5. The Labute approximate surface area is 135 Å². The van der Waals surface area contributed by atoms with Gasteiger partial charge in [-0.3, -0.25) is 0 Å². The van der Waals surface area contributed by atoms with Crippen LogP contribution in [0.1, 0.15) is 11.1 Å². The van der Waals surface area contributed by atoms with E-state index in [0.717, 1.165) is 0 Å². The summed E-state index contributed by atoms with van der Waals surface area (Å²) < 4.78 is 37.4. The van der Waals surface area contributed by atoms with Gasteiger partial charge in [0.2, 0.25) is 10.0 Å². The molecule has 0 aliphatic rings. The Balaban J connectivity index is 2.17. The third kappa shape index (κ3) is 4.00. The number of nitrogens with zero attached hydrogens (tertiary/aromatic N) is 1. The molecule has 0 aliphatic carbocycles. The number of ether oxygens (including phenoxy) is 2.